The molecule has 0 aromatic carbocycles. The van der Waals surface area contributed by atoms with E-state index in [2.05, 4.69) is 24.1 Å². The van der Waals surface area contributed by atoms with E-state index in [-0.39, 0.29) is 0 Å². The second-order valence-corrected chi connectivity index (χ2v) is 6.33. The van der Waals surface area contributed by atoms with Crippen LogP contribution in [0.3, 0.4) is 0 Å². The van der Waals surface area contributed by atoms with E-state index in [0.717, 1.165) is 18.0 Å². The molecule has 1 aliphatic carbocycles. The van der Waals surface area contributed by atoms with Gasteiger partial charge in [-0.1, -0.05) is 33.1 Å². The maximum atomic E-state index is 3.69. The third-order valence-electron chi connectivity index (χ3n) is 5.16. The van der Waals surface area contributed by atoms with Gasteiger partial charge < -0.3 is 10.2 Å². The van der Waals surface area contributed by atoms with Crippen LogP contribution in [0.5, 0.6) is 0 Å². The molecule has 3 unspecified atom stereocenters. The minimum atomic E-state index is 0.762. The van der Waals surface area contributed by atoms with Crippen molar-refractivity contribution in [1.29, 1.82) is 0 Å². The fourth-order valence-corrected chi connectivity index (χ4v) is 3.80. The first-order valence-corrected chi connectivity index (χ1v) is 8.30. The van der Waals surface area contributed by atoms with Gasteiger partial charge in [0.15, 0.2) is 0 Å². The molecule has 2 nitrogen and oxygen atoms in total. The Kier molecular flexibility index (Phi) is 5.97. The monoisotopic (exact) mass is 252 g/mol. The van der Waals surface area contributed by atoms with Crippen molar-refractivity contribution in [2.24, 2.45) is 5.92 Å². The van der Waals surface area contributed by atoms with E-state index in [1.165, 1.54) is 71.0 Å². The molecular weight excluding hydrogens is 220 g/mol. The molecule has 1 saturated heterocycles. The van der Waals surface area contributed by atoms with Gasteiger partial charge in [-0.3, -0.25) is 0 Å². The molecule has 1 saturated carbocycles. The summed E-state index contributed by atoms with van der Waals surface area (Å²) in [6.07, 6.45) is 11.3. The van der Waals surface area contributed by atoms with Crippen LogP contribution in [-0.4, -0.2) is 36.6 Å². The lowest BCUT2D eigenvalue weighted by molar-refractivity contribution is 0.114. The molecule has 18 heavy (non-hydrogen) atoms. The molecule has 2 rings (SSSR count). The smallest absolute Gasteiger partial charge is 0.00979 e. The molecule has 1 aliphatic heterocycles. The second-order valence-electron chi connectivity index (χ2n) is 6.33. The largest absolute Gasteiger partial charge is 0.314 e. The number of hydrogen-bond acceptors (Lipinski definition) is 2. The summed E-state index contributed by atoms with van der Waals surface area (Å²) in [7, 11) is 0. The molecule has 3 atom stereocenters. The number of hydrogen-bond donors (Lipinski definition) is 1. The first-order valence-electron chi connectivity index (χ1n) is 8.30. The number of nitrogens with one attached hydrogen (secondary N) is 1. The minimum Gasteiger partial charge on any atom is -0.314 e. The SMILES string of the molecule is CCC1CCCC(N2CCCNC(CC)CC2)C1. The molecule has 1 N–H and O–H groups in total. The van der Waals surface area contributed by atoms with Crippen LogP contribution in [-0.2, 0) is 0 Å². The van der Waals surface area contributed by atoms with E-state index < -0.39 is 0 Å². The molecule has 0 bridgehead atoms. The summed E-state index contributed by atoms with van der Waals surface area (Å²) in [5, 5.41) is 3.69. The van der Waals surface area contributed by atoms with Gasteiger partial charge >= 0.3 is 0 Å². The average molecular weight is 252 g/mol. The molecule has 106 valence electrons. The van der Waals surface area contributed by atoms with Crippen LogP contribution in [0.4, 0.5) is 0 Å². The van der Waals surface area contributed by atoms with Crippen LogP contribution in [0.25, 0.3) is 0 Å². The first kappa shape index (κ1) is 14.3. The number of nitrogens with zero attached hydrogens (tertiary/aromatic N) is 1. The summed E-state index contributed by atoms with van der Waals surface area (Å²) in [5.41, 5.74) is 0. The zero-order chi connectivity index (χ0) is 12.8. The minimum absolute atomic E-state index is 0.762. The Morgan fingerprint density at radius 1 is 1.00 bits per heavy atom. The normalized spacial score (nSPS) is 36.0. The highest BCUT2D eigenvalue weighted by Gasteiger charge is 2.26. The van der Waals surface area contributed by atoms with Crippen LogP contribution >= 0.6 is 0 Å². The van der Waals surface area contributed by atoms with Crippen molar-refractivity contribution in [3.05, 3.63) is 0 Å². The molecule has 0 amide bonds. The van der Waals surface area contributed by atoms with E-state index in [1.807, 2.05) is 0 Å². The third kappa shape index (κ3) is 3.96. The third-order valence-corrected chi connectivity index (χ3v) is 5.16. The zero-order valence-electron chi connectivity index (χ0n) is 12.5. The molecule has 2 aliphatic rings. The molecule has 0 radical (unpaired) electrons. The Morgan fingerprint density at radius 2 is 1.89 bits per heavy atom. The maximum absolute atomic E-state index is 3.69. The zero-order valence-corrected chi connectivity index (χ0v) is 12.5. The van der Waals surface area contributed by atoms with E-state index >= 15 is 0 Å². The molecule has 0 aromatic rings. The maximum Gasteiger partial charge on any atom is 0.00979 e. The summed E-state index contributed by atoms with van der Waals surface area (Å²) in [5.74, 6) is 1.01. The van der Waals surface area contributed by atoms with Crippen molar-refractivity contribution in [2.45, 2.75) is 77.3 Å². The van der Waals surface area contributed by atoms with Crippen molar-refractivity contribution in [3.63, 3.8) is 0 Å². The lowest BCUT2D eigenvalue weighted by Gasteiger charge is -2.39. The molecule has 1 heterocycles. The standard InChI is InChI=1S/C16H32N2/c1-3-14-7-5-8-16(13-14)18-11-6-10-17-15(4-2)9-12-18/h14-17H,3-13H2,1-2H3. The fraction of sp³-hybridized carbons (Fsp3) is 1.00. The van der Waals surface area contributed by atoms with Crippen molar-refractivity contribution < 1.29 is 0 Å². The van der Waals surface area contributed by atoms with Gasteiger partial charge in [0.2, 0.25) is 0 Å². The molecular formula is C16H32N2. The van der Waals surface area contributed by atoms with Crippen LogP contribution in [0.2, 0.25) is 0 Å². The fourth-order valence-electron chi connectivity index (χ4n) is 3.80. The Hall–Kier alpha value is -0.0800. The van der Waals surface area contributed by atoms with E-state index in [1.54, 1.807) is 0 Å². The van der Waals surface area contributed by atoms with Crippen molar-refractivity contribution >= 4 is 0 Å². The highest BCUT2D eigenvalue weighted by Crippen LogP contribution is 2.30. The highest BCUT2D eigenvalue weighted by molar-refractivity contribution is 4.82. The lowest BCUT2D eigenvalue weighted by Crippen LogP contribution is -2.45. The van der Waals surface area contributed by atoms with Crippen LogP contribution in [0.1, 0.15) is 65.2 Å². The Bertz CT molecular complexity index is 227. The van der Waals surface area contributed by atoms with Gasteiger partial charge in [-0.2, -0.15) is 0 Å². The molecule has 2 fully saturated rings. The van der Waals surface area contributed by atoms with Crippen LogP contribution < -0.4 is 5.32 Å². The predicted molar refractivity (Wildman–Crippen MR) is 78.9 cm³/mol. The predicted octanol–water partition coefficient (Wildman–Crippen LogP) is 3.42. The van der Waals surface area contributed by atoms with E-state index in [0.29, 0.717) is 0 Å². The van der Waals surface area contributed by atoms with Gasteiger partial charge in [-0.25, -0.2) is 0 Å². The van der Waals surface area contributed by atoms with Crippen molar-refractivity contribution in [1.82, 2.24) is 10.2 Å². The average Bonchev–Trinajstić information content (AvgIpc) is 2.39. The van der Waals surface area contributed by atoms with Crippen LogP contribution in [0, 0.1) is 5.92 Å². The van der Waals surface area contributed by atoms with Crippen LogP contribution in [0.15, 0.2) is 0 Å². The Morgan fingerprint density at radius 3 is 2.67 bits per heavy atom. The second kappa shape index (κ2) is 7.49. The quantitative estimate of drug-likeness (QED) is 0.828. The summed E-state index contributed by atoms with van der Waals surface area (Å²) < 4.78 is 0. The summed E-state index contributed by atoms with van der Waals surface area (Å²) in [4.78, 5) is 2.82. The lowest BCUT2D eigenvalue weighted by atomic mass is 9.83. The van der Waals surface area contributed by atoms with Crippen molar-refractivity contribution in [2.75, 3.05) is 19.6 Å². The molecule has 2 heteroatoms. The first-order chi connectivity index (χ1) is 8.83. The Balaban J connectivity index is 1.85. The van der Waals surface area contributed by atoms with Gasteiger partial charge in [0, 0.05) is 12.1 Å². The summed E-state index contributed by atoms with van der Waals surface area (Å²) >= 11 is 0. The van der Waals surface area contributed by atoms with Crippen molar-refractivity contribution in [3.8, 4) is 0 Å². The van der Waals surface area contributed by atoms with Gasteiger partial charge in [0.05, 0.1) is 0 Å². The summed E-state index contributed by atoms with van der Waals surface area (Å²) in [6, 6.07) is 1.66. The number of rotatable bonds is 3. The highest BCUT2D eigenvalue weighted by atomic mass is 15.2. The van der Waals surface area contributed by atoms with Gasteiger partial charge in [0.25, 0.3) is 0 Å². The summed E-state index contributed by atoms with van der Waals surface area (Å²) in [6.45, 7) is 8.56. The molecule has 0 spiro atoms. The molecule has 0 aromatic heterocycles. The van der Waals surface area contributed by atoms with E-state index in [9.17, 15) is 0 Å². The van der Waals surface area contributed by atoms with E-state index in [4.69, 9.17) is 0 Å². The Labute approximate surface area is 114 Å². The van der Waals surface area contributed by atoms with Gasteiger partial charge in [0.1, 0.15) is 0 Å². The van der Waals surface area contributed by atoms with Gasteiger partial charge in [-0.15, -0.1) is 0 Å². The van der Waals surface area contributed by atoms with Gasteiger partial charge in [-0.05, 0) is 57.7 Å². The topological polar surface area (TPSA) is 15.3 Å².